The van der Waals surface area contributed by atoms with Crippen LogP contribution in [0.1, 0.15) is 16.1 Å². The van der Waals surface area contributed by atoms with E-state index in [4.69, 9.17) is 27.6 Å². The molecule has 1 amide bonds. The molecule has 4 aromatic rings. The number of anilines is 1. The quantitative estimate of drug-likeness (QED) is 0.522. The van der Waals surface area contributed by atoms with Crippen LogP contribution in [0.3, 0.4) is 0 Å². The number of carbonyl (C=O) groups is 1. The van der Waals surface area contributed by atoms with Gasteiger partial charge >= 0.3 is 0 Å². The summed E-state index contributed by atoms with van der Waals surface area (Å²) in [5.41, 5.74) is 1.51. The molecule has 26 heavy (non-hydrogen) atoms. The highest BCUT2D eigenvalue weighted by Gasteiger charge is 2.15. The molecule has 130 valence electrons. The van der Waals surface area contributed by atoms with Gasteiger partial charge in [0.05, 0.1) is 12.7 Å². The molecule has 0 atom stereocenters. The monoisotopic (exact) mass is 385 g/mol. The average Bonchev–Trinajstić information content (AvgIpc) is 3.24. The molecule has 2 aromatic heterocycles. The van der Waals surface area contributed by atoms with Gasteiger partial charge in [-0.1, -0.05) is 47.5 Å². The number of fused-ring (bicyclic) bond motifs is 1. The fraction of sp³-hybridized carbons (Fsp3) is 0.0526. The van der Waals surface area contributed by atoms with Gasteiger partial charge in [0, 0.05) is 21.5 Å². The maximum atomic E-state index is 12.5. The van der Waals surface area contributed by atoms with E-state index in [-0.39, 0.29) is 11.7 Å². The first-order valence-corrected chi connectivity index (χ1v) is 8.61. The zero-order chi connectivity index (χ0) is 18.1. The Morgan fingerprint density at radius 1 is 1.12 bits per heavy atom. The van der Waals surface area contributed by atoms with Gasteiger partial charge in [-0.15, -0.1) is 0 Å². The number of hydrogen-bond donors (Lipinski definition) is 1. The minimum Gasteiger partial charge on any atom is -0.451 e. The number of benzene rings is 2. The molecule has 7 heteroatoms. The molecule has 0 bridgehead atoms. The molecule has 0 fully saturated rings. The van der Waals surface area contributed by atoms with Crippen molar-refractivity contribution < 1.29 is 9.21 Å². The number of carbonyl (C=O) groups excluding carboxylic acids is 1. The van der Waals surface area contributed by atoms with Crippen molar-refractivity contribution in [3.63, 3.8) is 0 Å². The highest BCUT2D eigenvalue weighted by Crippen LogP contribution is 2.23. The Labute approximate surface area is 159 Å². The molecule has 2 aromatic carbocycles. The van der Waals surface area contributed by atoms with Crippen LogP contribution in [0.15, 0.2) is 65.2 Å². The highest BCUT2D eigenvalue weighted by molar-refractivity contribution is 6.35. The lowest BCUT2D eigenvalue weighted by Gasteiger charge is -2.09. The number of hydrogen-bond acceptors (Lipinski definition) is 3. The van der Waals surface area contributed by atoms with Crippen LogP contribution in [-0.2, 0) is 6.54 Å². The molecule has 0 aliphatic rings. The van der Waals surface area contributed by atoms with Crippen LogP contribution in [0.25, 0.3) is 11.0 Å². The number of nitrogens with one attached hydrogen (secondary N) is 1. The third kappa shape index (κ3) is 3.31. The molecule has 5 nitrogen and oxygen atoms in total. The summed E-state index contributed by atoms with van der Waals surface area (Å²) in [5, 5.41) is 9.05. The lowest BCUT2D eigenvalue weighted by molar-refractivity contribution is 0.0997. The first-order valence-electron chi connectivity index (χ1n) is 7.86. The summed E-state index contributed by atoms with van der Waals surface area (Å²) in [6.07, 6.45) is 1.61. The summed E-state index contributed by atoms with van der Waals surface area (Å²) in [5.74, 6) is 0.440. The first-order chi connectivity index (χ1) is 12.6. The van der Waals surface area contributed by atoms with Crippen molar-refractivity contribution in [2.24, 2.45) is 0 Å². The highest BCUT2D eigenvalue weighted by atomic mass is 35.5. The minimum atomic E-state index is -0.342. The zero-order valence-electron chi connectivity index (χ0n) is 13.4. The summed E-state index contributed by atoms with van der Waals surface area (Å²) in [7, 11) is 0. The second-order valence-electron chi connectivity index (χ2n) is 5.71. The molecular weight excluding hydrogens is 373 g/mol. The number of amides is 1. The van der Waals surface area contributed by atoms with E-state index in [0.29, 0.717) is 28.0 Å². The smallest absolute Gasteiger partial charge is 0.292 e. The van der Waals surface area contributed by atoms with Crippen molar-refractivity contribution in [2.45, 2.75) is 6.54 Å². The third-order valence-corrected chi connectivity index (χ3v) is 4.53. The van der Waals surface area contributed by atoms with Crippen LogP contribution in [0, 0.1) is 0 Å². The van der Waals surface area contributed by atoms with E-state index in [2.05, 4.69) is 10.4 Å². The van der Waals surface area contributed by atoms with Crippen LogP contribution in [0.5, 0.6) is 0 Å². The summed E-state index contributed by atoms with van der Waals surface area (Å²) >= 11 is 12.1. The summed E-state index contributed by atoms with van der Waals surface area (Å²) in [6.45, 7) is 0.402. The molecule has 0 saturated carbocycles. The molecule has 1 N–H and O–H groups in total. The van der Waals surface area contributed by atoms with Gasteiger partial charge in [-0.25, -0.2) is 4.68 Å². The maximum Gasteiger partial charge on any atom is 0.292 e. The topological polar surface area (TPSA) is 60.1 Å². The Morgan fingerprint density at radius 2 is 1.96 bits per heavy atom. The number of rotatable bonds is 4. The SMILES string of the molecule is O=C(Nc1ccnn1Cc1ccc(Cl)cc1Cl)c1cc2ccccc2o1. The second kappa shape index (κ2) is 6.86. The molecule has 4 rings (SSSR count). The summed E-state index contributed by atoms with van der Waals surface area (Å²) < 4.78 is 7.24. The van der Waals surface area contributed by atoms with E-state index in [1.54, 1.807) is 35.1 Å². The van der Waals surface area contributed by atoms with Gasteiger partial charge in [0.2, 0.25) is 0 Å². The third-order valence-electron chi connectivity index (χ3n) is 3.94. The van der Waals surface area contributed by atoms with Crippen molar-refractivity contribution >= 4 is 45.9 Å². The number of halogens is 2. The van der Waals surface area contributed by atoms with Crippen molar-refractivity contribution in [1.82, 2.24) is 9.78 Å². The standard InChI is InChI=1S/C19H13Cl2N3O2/c20-14-6-5-13(15(21)10-14)11-24-18(7-8-22-24)23-19(25)17-9-12-3-1-2-4-16(12)26-17/h1-10H,11H2,(H,23,25). The van der Waals surface area contributed by atoms with Gasteiger partial charge in [-0.3, -0.25) is 4.79 Å². The summed E-state index contributed by atoms with van der Waals surface area (Å²) in [4.78, 5) is 12.5. The summed E-state index contributed by atoms with van der Waals surface area (Å²) in [6, 6.07) is 16.2. The fourth-order valence-corrected chi connectivity index (χ4v) is 3.12. The zero-order valence-corrected chi connectivity index (χ0v) is 15.0. The first kappa shape index (κ1) is 16.7. The van der Waals surface area contributed by atoms with Gasteiger partial charge in [0.15, 0.2) is 5.76 Å². The number of furan rings is 1. The Hall–Kier alpha value is -2.76. The van der Waals surface area contributed by atoms with Gasteiger partial charge in [0.25, 0.3) is 5.91 Å². The average molecular weight is 386 g/mol. The predicted molar refractivity (Wildman–Crippen MR) is 102 cm³/mol. The van der Waals surface area contributed by atoms with Gasteiger partial charge in [-0.2, -0.15) is 5.10 Å². The Morgan fingerprint density at radius 3 is 2.77 bits per heavy atom. The predicted octanol–water partition coefficient (Wildman–Crippen LogP) is 5.24. The normalized spacial score (nSPS) is 11.0. The molecular formula is C19H13Cl2N3O2. The van der Waals surface area contributed by atoms with Crippen LogP contribution >= 0.6 is 23.2 Å². The van der Waals surface area contributed by atoms with E-state index in [1.165, 1.54) is 0 Å². The lowest BCUT2D eigenvalue weighted by Crippen LogP contribution is -2.15. The second-order valence-corrected chi connectivity index (χ2v) is 6.56. The molecule has 0 aliphatic carbocycles. The number of nitrogens with zero attached hydrogens (tertiary/aromatic N) is 2. The molecule has 2 heterocycles. The Kier molecular flexibility index (Phi) is 4.41. The Balaban J connectivity index is 1.55. The van der Waals surface area contributed by atoms with Crippen molar-refractivity contribution in [2.75, 3.05) is 5.32 Å². The van der Waals surface area contributed by atoms with Crippen LogP contribution < -0.4 is 5.32 Å². The lowest BCUT2D eigenvalue weighted by atomic mass is 10.2. The maximum absolute atomic E-state index is 12.5. The minimum absolute atomic E-state index is 0.239. The fourth-order valence-electron chi connectivity index (χ4n) is 2.65. The van der Waals surface area contributed by atoms with E-state index in [1.807, 2.05) is 30.3 Å². The van der Waals surface area contributed by atoms with Crippen molar-refractivity contribution in [3.05, 3.63) is 82.2 Å². The number of para-hydroxylation sites is 1. The van der Waals surface area contributed by atoms with Gasteiger partial charge < -0.3 is 9.73 Å². The molecule has 0 spiro atoms. The molecule has 0 unspecified atom stereocenters. The van der Waals surface area contributed by atoms with Gasteiger partial charge in [-0.05, 0) is 29.8 Å². The van der Waals surface area contributed by atoms with Crippen molar-refractivity contribution in [1.29, 1.82) is 0 Å². The Bertz CT molecular complexity index is 1070. The van der Waals surface area contributed by atoms with Crippen molar-refractivity contribution in [3.8, 4) is 0 Å². The molecule has 0 saturated heterocycles. The van der Waals surface area contributed by atoms with E-state index in [0.717, 1.165) is 10.9 Å². The van der Waals surface area contributed by atoms with E-state index < -0.39 is 0 Å². The van der Waals surface area contributed by atoms with Crippen LogP contribution in [-0.4, -0.2) is 15.7 Å². The molecule has 0 aliphatic heterocycles. The largest absolute Gasteiger partial charge is 0.451 e. The molecule has 0 radical (unpaired) electrons. The van der Waals surface area contributed by atoms with Crippen LogP contribution in [0.4, 0.5) is 5.82 Å². The van der Waals surface area contributed by atoms with E-state index >= 15 is 0 Å². The van der Waals surface area contributed by atoms with Gasteiger partial charge in [0.1, 0.15) is 11.4 Å². The number of aromatic nitrogens is 2. The van der Waals surface area contributed by atoms with E-state index in [9.17, 15) is 4.79 Å². The van der Waals surface area contributed by atoms with Crippen LogP contribution in [0.2, 0.25) is 10.0 Å².